The Morgan fingerprint density at radius 3 is 2.74 bits per heavy atom. The molecular weight excluding hydrogens is 364 g/mol. The Morgan fingerprint density at radius 1 is 1.30 bits per heavy atom. The second-order valence-electron chi connectivity index (χ2n) is 8.08. The summed E-state index contributed by atoms with van der Waals surface area (Å²) in [6.45, 7) is 9.74. The fourth-order valence-corrected chi connectivity index (χ4v) is 4.74. The van der Waals surface area contributed by atoms with Gasteiger partial charge in [0, 0.05) is 20.1 Å². The highest BCUT2D eigenvalue weighted by Crippen LogP contribution is 2.35. The zero-order valence-electron chi connectivity index (χ0n) is 16.9. The van der Waals surface area contributed by atoms with Crippen molar-refractivity contribution in [2.24, 2.45) is 24.8 Å². The highest BCUT2D eigenvalue weighted by atomic mass is 32.2. The molecule has 1 aliphatic carbocycles. The van der Waals surface area contributed by atoms with Gasteiger partial charge < -0.3 is 14.4 Å². The number of aromatic nitrogens is 3. The van der Waals surface area contributed by atoms with E-state index in [0.29, 0.717) is 31.0 Å². The molecule has 2 heterocycles. The first-order valence-electron chi connectivity index (χ1n) is 10.00. The maximum Gasteiger partial charge on any atom is 0.316 e. The molecule has 7 nitrogen and oxygen atoms in total. The predicted octanol–water partition coefficient (Wildman–Crippen LogP) is 2.75. The van der Waals surface area contributed by atoms with Crippen molar-refractivity contribution in [2.45, 2.75) is 51.3 Å². The molecule has 3 rings (SSSR count). The van der Waals surface area contributed by atoms with Gasteiger partial charge in [-0.3, -0.25) is 9.36 Å². The molecule has 0 aromatic carbocycles. The second kappa shape index (κ2) is 9.28. The predicted molar refractivity (Wildman–Crippen MR) is 106 cm³/mol. The van der Waals surface area contributed by atoms with Crippen molar-refractivity contribution in [3.8, 4) is 0 Å². The third kappa shape index (κ3) is 5.16. The number of hydrogen-bond acceptors (Lipinski definition) is 7. The summed E-state index contributed by atoms with van der Waals surface area (Å²) in [6, 6.07) is 0. The van der Waals surface area contributed by atoms with Crippen LogP contribution in [0.3, 0.4) is 0 Å². The summed E-state index contributed by atoms with van der Waals surface area (Å²) in [7, 11) is 1.94. The van der Waals surface area contributed by atoms with E-state index in [1.54, 1.807) is 0 Å². The van der Waals surface area contributed by atoms with Crippen molar-refractivity contribution < 1.29 is 14.3 Å². The van der Waals surface area contributed by atoms with E-state index >= 15 is 0 Å². The van der Waals surface area contributed by atoms with Crippen molar-refractivity contribution >= 4 is 23.7 Å². The molecule has 3 atom stereocenters. The number of morpholine rings is 1. The molecule has 0 bridgehead atoms. The number of carbonyl (C=O) groups excluding carboxylic acids is 1. The minimum absolute atomic E-state index is 0.0465. The third-order valence-corrected chi connectivity index (χ3v) is 6.66. The monoisotopic (exact) mass is 396 g/mol. The zero-order chi connectivity index (χ0) is 19.4. The summed E-state index contributed by atoms with van der Waals surface area (Å²) in [5.74, 6) is 2.58. The van der Waals surface area contributed by atoms with Crippen molar-refractivity contribution in [2.75, 3.05) is 37.0 Å². The maximum atomic E-state index is 12.5. The summed E-state index contributed by atoms with van der Waals surface area (Å²) >= 11 is 1.40. The van der Waals surface area contributed by atoms with Crippen molar-refractivity contribution in [3.05, 3.63) is 0 Å². The van der Waals surface area contributed by atoms with E-state index in [9.17, 15) is 4.79 Å². The Morgan fingerprint density at radius 2 is 2.04 bits per heavy atom. The molecule has 0 spiro atoms. The van der Waals surface area contributed by atoms with E-state index in [1.165, 1.54) is 18.2 Å². The van der Waals surface area contributed by atoms with Crippen LogP contribution in [0.2, 0.25) is 0 Å². The summed E-state index contributed by atoms with van der Waals surface area (Å²) in [5, 5.41) is 9.28. The fraction of sp³-hybridized carbons (Fsp3) is 0.842. The van der Waals surface area contributed by atoms with Crippen LogP contribution in [-0.4, -0.2) is 58.9 Å². The summed E-state index contributed by atoms with van der Waals surface area (Å²) in [4.78, 5) is 14.6. The largest absolute Gasteiger partial charge is 0.461 e. The highest BCUT2D eigenvalue weighted by Gasteiger charge is 2.33. The standard InChI is InChI=1S/C19H32N4O3S/c1-13(2)15-6-5-14(3)11-16(15)26-17(24)12-27-19-21-20-18(22(19)4)23-7-9-25-10-8-23/h13-16H,5-12H2,1-4H3. The molecule has 1 saturated heterocycles. The summed E-state index contributed by atoms with van der Waals surface area (Å²) < 4.78 is 13.2. The molecule has 152 valence electrons. The van der Waals surface area contributed by atoms with Gasteiger partial charge in [0.15, 0.2) is 5.16 Å². The van der Waals surface area contributed by atoms with Crippen LogP contribution < -0.4 is 4.90 Å². The van der Waals surface area contributed by atoms with Gasteiger partial charge in [-0.1, -0.05) is 39.0 Å². The number of thioether (sulfide) groups is 1. The van der Waals surface area contributed by atoms with Gasteiger partial charge in [-0.2, -0.15) is 0 Å². The SMILES string of the molecule is CC1CCC(C(C)C)C(OC(=O)CSc2nnc(N3CCOCC3)n2C)C1. The van der Waals surface area contributed by atoms with Crippen molar-refractivity contribution in [1.82, 2.24) is 14.8 Å². The van der Waals surface area contributed by atoms with E-state index in [4.69, 9.17) is 9.47 Å². The van der Waals surface area contributed by atoms with Crippen LogP contribution in [-0.2, 0) is 21.3 Å². The number of esters is 1. The number of anilines is 1. The lowest BCUT2D eigenvalue weighted by molar-refractivity contribution is -0.152. The van der Waals surface area contributed by atoms with E-state index < -0.39 is 0 Å². The Labute approximate surface area is 166 Å². The molecule has 2 fully saturated rings. The molecule has 1 aromatic heterocycles. The van der Waals surface area contributed by atoms with E-state index in [2.05, 4.69) is 35.9 Å². The fourth-order valence-electron chi connectivity index (χ4n) is 4.05. The number of ether oxygens (including phenoxy) is 2. The van der Waals surface area contributed by atoms with Crippen LogP contribution in [0.1, 0.15) is 40.0 Å². The lowest BCUT2D eigenvalue weighted by Crippen LogP contribution is -2.37. The normalized spacial score (nSPS) is 26.4. The second-order valence-corrected chi connectivity index (χ2v) is 9.03. The van der Waals surface area contributed by atoms with Crippen LogP contribution in [0.4, 0.5) is 5.95 Å². The third-order valence-electron chi connectivity index (χ3n) is 5.67. The van der Waals surface area contributed by atoms with E-state index in [1.807, 2.05) is 11.6 Å². The average Bonchev–Trinajstić information content (AvgIpc) is 3.01. The van der Waals surface area contributed by atoms with E-state index in [0.717, 1.165) is 37.0 Å². The van der Waals surface area contributed by atoms with Gasteiger partial charge in [-0.15, -0.1) is 10.2 Å². The van der Waals surface area contributed by atoms with Gasteiger partial charge in [-0.05, 0) is 30.6 Å². The van der Waals surface area contributed by atoms with Crippen molar-refractivity contribution in [3.63, 3.8) is 0 Å². The van der Waals surface area contributed by atoms with Crippen molar-refractivity contribution in [1.29, 1.82) is 0 Å². The minimum atomic E-state index is -0.152. The summed E-state index contributed by atoms with van der Waals surface area (Å²) in [6.07, 6.45) is 3.40. The number of nitrogens with zero attached hydrogens (tertiary/aromatic N) is 4. The zero-order valence-corrected chi connectivity index (χ0v) is 17.7. The van der Waals surface area contributed by atoms with Crippen LogP contribution in [0.15, 0.2) is 5.16 Å². The van der Waals surface area contributed by atoms with Gasteiger partial charge in [0.1, 0.15) is 6.10 Å². The first-order valence-corrected chi connectivity index (χ1v) is 11.0. The molecule has 1 aromatic rings. The van der Waals surface area contributed by atoms with Gasteiger partial charge in [0.2, 0.25) is 5.95 Å². The quantitative estimate of drug-likeness (QED) is 0.541. The molecule has 1 aliphatic heterocycles. The first kappa shape index (κ1) is 20.5. The molecule has 8 heteroatoms. The van der Waals surface area contributed by atoms with Gasteiger partial charge in [0.05, 0.1) is 19.0 Å². The molecule has 3 unspecified atom stereocenters. The topological polar surface area (TPSA) is 69.5 Å². The summed E-state index contributed by atoms with van der Waals surface area (Å²) in [5.41, 5.74) is 0. The first-order chi connectivity index (χ1) is 13.0. The van der Waals surface area contributed by atoms with E-state index in [-0.39, 0.29) is 17.8 Å². The van der Waals surface area contributed by atoms with Gasteiger partial charge in [-0.25, -0.2) is 0 Å². The van der Waals surface area contributed by atoms with Crippen LogP contribution in [0, 0.1) is 17.8 Å². The lowest BCUT2D eigenvalue weighted by atomic mass is 9.75. The minimum Gasteiger partial charge on any atom is -0.461 e. The van der Waals surface area contributed by atoms with Crippen LogP contribution in [0.25, 0.3) is 0 Å². The Hall–Kier alpha value is -1.28. The molecule has 0 amide bonds. The number of carbonyl (C=O) groups is 1. The Balaban J connectivity index is 1.53. The van der Waals surface area contributed by atoms with Crippen LogP contribution >= 0.6 is 11.8 Å². The van der Waals surface area contributed by atoms with Gasteiger partial charge >= 0.3 is 5.97 Å². The molecule has 0 radical (unpaired) electrons. The molecule has 1 saturated carbocycles. The molecular formula is C19H32N4O3S. The number of rotatable bonds is 6. The lowest BCUT2D eigenvalue weighted by Gasteiger charge is -2.36. The Kier molecular flexibility index (Phi) is 7.03. The number of hydrogen-bond donors (Lipinski definition) is 0. The maximum absolute atomic E-state index is 12.5. The smallest absolute Gasteiger partial charge is 0.316 e. The Bertz CT molecular complexity index is 630. The average molecular weight is 397 g/mol. The molecule has 0 N–H and O–H groups in total. The highest BCUT2D eigenvalue weighted by molar-refractivity contribution is 7.99. The van der Waals surface area contributed by atoms with Gasteiger partial charge in [0.25, 0.3) is 0 Å². The molecule has 27 heavy (non-hydrogen) atoms. The molecule has 2 aliphatic rings. The van der Waals surface area contributed by atoms with Crippen LogP contribution in [0.5, 0.6) is 0 Å².